The van der Waals surface area contributed by atoms with Gasteiger partial charge >= 0.3 is 5.97 Å². The highest BCUT2D eigenvalue weighted by Crippen LogP contribution is 2.29. The van der Waals surface area contributed by atoms with Gasteiger partial charge in [-0.25, -0.2) is 4.79 Å². The van der Waals surface area contributed by atoms with Crippen molar-refractivity contribution in [3.05, 3.63) is 40.0 Å². The van der Waals surface area contributed by atoms with E-state index in [0.717, 1.165) is 3.57 Å². The standard InChI is InChI=1S/C13H12INO3/c1-2-8-5-12(16)15(7-8)11-4-3-9(14)6-10(11)13(17)18/h2-4,6,8H,1,5,7H2,(H,17,18). The van der Waals surface area contributed by atoms with Crippen molar-refractivity contribution in [3.8, 4) is 0 Å². The topological polar surface area (TPSA) is 57.6 Å². The number of hydrogen-bond acceptors (Lipinski definition) is 2. The van der Waals surface area contributed by atoms with Crippen molar-refractivity contribution in [2.75, 3.05) is 11.4 Å². The average Bonchev–Trinajstić information content (AvgIpc) is 2.70. The zero-order valence-electron chi connectivity index (χ0n) is 9.60. The van der Waals surface area contributed by atoms with Crippen molar-refractivity contribution in [3.63, 3.8) is 0 Å². The molecule has 1 atom stereocenters. The van der Waals surface area contributed by atoms with Gasteiger partial charge in [-0.15, -0.1) is 6.58 Å². The minimum absolute atomic E-state index is 0.0522. The average molecular weight is 357 g/mol. The Morgan fingerprint density at radius 2 is 2.28 bits per heavy atom. The van der Waals surface area contributed by atoms with E-state index in [-0.39, 0.29) is 17.4 Å². The number of rotatable bonds is 3. The molecule has 4 nitrogen and oxygen atoms in total. The van der Waals surface area contributed by atoms with Crippen LogP contribution in [0.15, 0.2) is 30.9 Å². The van der Waals surface area contributed by atoms with Gasteiger partial charge in [0, 0.05) is 22.5 Å². The second-order valence-electron chi connectivity index (χ2n) is 4.17. The minimum Gasteiger partial charge on any atom is -0.478 e. The molecule has 0 spiro atoms. The number of carboxylic acids is 1. The van der Waals surface area contributed by atoms with Crippen molar-refractivity contribution < 1.29 is 14.7 Å². The summed E-state index contributed by atoms with van der Waals surface area (Å²) in [6, 6.07) is 5.07. The highest BCUT2D eigenvalue weighted by Gasteiger charge is 2.31. The minimum atomic E-state index is -1.02. The Labute approximate surface area is 118 Å². The lowest BCUT2D eigenvalue weighted by atomic mass is 10.1. The molecule has 0 bridgehead atoms. The SMILES string of the molecule is C=CC1CC(=O)N(c2ccc(I)cc2C(=O)O)C1. The fraction of sp³-hybridized carbons (Fsp3) is 0.231. The predicted molar refractivity (Wildman–Crippen MR) is 76.8 cm³/mol. The van der Waals surface area contributed by atoms with Crippen LogP contribution in [0.3, 0.4) is 0 Å². The lowest BCUT2D eigenvalue weighted by Crippen LogP contribution is -2.26. The Hall–Kier alpha value is -1.37. The molecule has 0 radical (unpaired) electrons. The number of benzene rings is 1. The Balaban J connectivity index is 2.42. The maximum atomic E-state index is 11.9. The van der Waals surface area contributed by atoms with E-state index < -0.39 is 5.97 Å². The van der Waals surface area contributed by atoms with E-state index in [1.165, 1.54) is 4.90 Å². The molecule has 0 aromatic heterocycles. The maximum Gasteiger partial charge on any atom is 0.337 e. The first-order valence-electron chi connectivity index (χ1n) is 5.48. The van der Waals surface area contributed by atoms with Gasteiger partial charge in [0.1, 0.15) is 0 Å². The maximum absolute atomic E-state index is 11.9. The molecule has 2 rings (SSSR count). The van der Waals surface area contributed by atoms with E-state index in [9.17, 15) is 14.7 Å². The molecular formula is C13H12INO3. The smallest absolute Gasteiger partial charge is 0.337 e. The molecule has 1 N–H and O–H groups in total. The molecule has 1 fully saturated rings. The molecule has 1 aromatic carbocycles. The van der Waals surface area contributed by atoms with Gasteiger partial charge in [-0.2, -0.15) is 0 Å². The number of carbonyl (C=O) groups is 2. The van der Waals surface area contributed by atoms with Gasteiger partial charge in [0.2, 0.25) is 5.91 Å². The number of carboxylic acid groups (broad SMARTS) is 1. The molecule has 1 aromatic rings. The molecule has 1 unspecified atom stereocenters. The third-order valence-corrected chi connectivity index (χ3v) is 3.64. The zero-order valence-corrected chi connectivity index (χ0v) is 11.8. The summed E-state index contributed by atoms with van der Waals surface area (Å²) in [7, 11) is 0. The lowest BCUT2D eigenvalue weighted by Gasteiger charge is -2.18. The monoisotopic (exact) mass is 357 g/mol. The Morgan fingerprint density at radius 3 is 2.83 bits per heavy atom. The highest BCUT2D eigenvalue weighted by molar-refractivity contribution is 14.1. The summed E-state index contributed by atoms with van der Waals surface area (Å²) in [6.07, 6.45) is 2.14. The summed E-state index contributed by atoms with van der Waals surface area (Å²) < 4.78 is 0.834. The molecule has 5 heteroatoms. The third kappa shape index (κ3) is 2.40. The van der Waals surface area contributed by atoms with Crippen LogP contribution in [0.5, 0.6) is 0 Å². The summed E-state index contributed by atoms with van der Waals surface area (Å²) in [5, 5.41) is 9.20. The van der Waals surface area contributed by atoms with Gasteiger partial charge in [-0.1, -0.05) is 6.08 Å². The Morgan fingerprint density at radius 1 is 1.56 bits per heavy atom. The molecule has 1 aliphatic heterocycles. The summed E-state index contributed by atoms with van der Waals surface area (Å²) in [5.41, 5.74) is 0.636. The first kappa shape index (κ1) is 13.1. The molecule has 1 saturated heterocycles. The van der Waals surface area contributed by atoms with Crippen LogP contribution in [0.2, 0.25) is 0 Å². The first-order chi connectivity index (χ1) is 8.52. The van der Waals surface area contributed by atoms with Gasteiger partial charge in [0.25, 0.3) is 0 Å². The summed E-state index contributed by atoms with van der Waals surface area (Å²) in [5.74, 6) is -0.972. The molecule has 0 aliphatic carbocycles. The van der Waals surface area contributed by atoms with E-state index in [4.69, 9.17) is 0 Å². The quantitative estimate of drug-likeness (QED) is 0.668. The molecule has 1 amide bonds. The van der Waals surface area contributed by atoms with Gasteiger partial charge < -0.3 is 10.0 Å². The van der Waals surface area contributed by atoms with Crippen molar-refractivity contribution in [1.82, 2.24) is 0 Å². The van der Waals surface area contributed by atoms with Crippen LogP contribution < -0.4 is 4.90 Å². The lowest BCUT2D eigenvalue weighted by molar-refractivity contribution is -0.117. The van der Waals surface area contributed by atoms with E-state index in [1.54, 1.807) is 24.3 Å². The van der Waals surface area contributed by atoms with Crippen molar-refractivity contribution in [1.29, 1.82) is 0 Å². The zero-order chi connectivity index (χ0) is 13.3. The number of carbonyl (C=O) groups excluding carboxylic acids is 1. The van der Waals surface area contributed by atoms with Crippen LogP contribution in [-0.4, -0.2) is 23.5 Å². The first-order valence-corrected chi connectivity index (χ1v) is 6.56. The van der Waals surface area contributed by atoms with Crippen molar-refractivity contribution in [2.24, 2.45) is 5.92 Å². The number of aromatic carboxylic acids is 1. The van der Waals surface area contributed by atoms with Gasteiger partial charge in [0.15, 0.2) is 0 Å². The number of nitrogens with zero attached hydrogens (tertiary/aromatic N) is 1. The van der Waals surface area contributed by atoms with Crippen LogP contribution in [0.4, 0.5) is 5.69 Å². The highest BCUT2D eigenvalue weighted by atomic mass is 127. The molecular weight excluding hydrogens is 345 g/mol. The summed E-state index contributed by atoms with van der Waals surface area (Å²) in [4.78, 5) is 24.6. The van der Waals surface area contributed by atoms with Crippen LogP contribution >= 0.6 is 22.6 Å². The molecule has 1 heterocycles. The van der Waals surface area contributed by atoms with Crippen LogP contribution in [0.25, 0.3) is 0 Å². The van der Waals surface area contributed by atoms with Crippen LogP contribution in [0, 0.1) is 9.49 Å². The van der Waals surface area contributed by atoms with E-state index in [0.29, 0.717) is 18.7 Å². The third-order valence-electron chi connectivity index (χ3n) is 2.97. The van der Waals surface area contributed by atoms with Gasteiger partial charge in [-0.05, 0) is 40.8 Å². The van der Waals surface area contributed by atoms with Gasteiger partial charge in [-0.3, -0.25) is 4.79 Å². The van der Waals surface area contributed by atoms with E-state index in [2.05, 4.69) is 29.2 Å². The Bertz CT molecular complexity index is 527. The Kier molecular flexibility index (Phi) is 3.70. The fourth-order valence-electron chi connectivity index (χ4n) is 2.04. The van der Waals surface area contributed by atoms with Gasteiger partial charge in [0.05, 0.1) is 11.3 Å². The fourth-order valence-corrected chi connectivity index (χ4v) is 2.53. The number of hydrogen-bond donors (Lipinski definition) is 1. The second-order valence-corrected chi connectivity index (χ2v) is 5.42. The van der Waals surface area contributed by atoms with E-state index >= 15 is 0 Å². The normalized spacial score (nSPS) is 19.1. The molecule has 0 saturated carbocycles. The predicted octanol–water partition coefficient (Wildman–Crippen LogP) is 2.53. The van der Waals surface area contributed by atoms with Crippen molar-refractivity contribution >= 4 is 40.2 Å². The number of halogens is 1. The van der Waals surface area contributed by atoms with Crippen molar-refractivity contribution in [2.45, 2.75) is 6.42 Å². The van der Waals surface area contributed by atoms with Crippen LogP contribution in [0.1, 0.15) is 16.8 Å². The molecule has 94 valence electrons. The summed E-state index contributed by atoms with van der Waals surface area (Å²) in [6.45, 7) is 4.18. The van der Waals surface area contributed by atoms with Crippen LogP contribution in [-0.2, 0) is 4.79 Å². The molecule has 18 heavy (non-hydrogen) atoms. The number of amides is 1. The largest absolute Gasteiger partial charge is 0.478 e. The number of anilines is 1. The van der Waals surface area contributed by atoms with E-state index in [1.807, 2.05) is 0 Å². The summed E-state index contributed by atoms with van der Waals surface area (Å²) >= 11 is 2.05. The second kappa shape index (κ2) is 5.09. The molecule has 1 aliphatic rings.